The molecule has 0 saturated heterocycles. The van der Waals surface area contributed by atoms with Crippen LogP contribution in [0.2, 0.25) is 0 Å². The Kier molecular flexibility index (Phi) is 3.38. The molecule has 5 heteroatoms. The summed E-state index contributed by atoms with van der Waals surface area (Å²) in [5, 5.41) is 10.9. The second kappa shape index (κ2) is 4.54. The molecule has 80 valence electrons. The van der Waals surface area contributed by atoms with Crippen molar-refractivity contribution in [2.24, 2.45) is 0 Å². The molecule has 0 aliphatic rings. The van der Waals surface area contributed by atoms with Gasteiger partial charge in [-0.2, -0.15) is 0 Å². The molecule has 0 radical (unpaired) electrons. The van der Waals surface area contributed by atoms with Crippen LogP contribution >= 0.6 is 0 Å². The highest BCUT2D eigenvalue weighted by molar-refractivity contribution is 6.01. The van der Waals surface area contributed by atoms with E-state index in [0.29, 0.717) is 11.4 Å². The lowest BCUT2D eigenvalue weighted by molar-refractivity contribution is -0.139. The molecular weight excluding hydrogens is 196 g/mol. The van der Waals surface area contributed by atoms with Gasteiger partial charge in [0.15, 0.2) is 0 Å². The van der Waals surface area contributed by atoms with Gasteiger partial charge in [0.1, 0.15) is 6.42 Å². The van der Waals surface area contributed by atoms with Crippen LogP contribution in [0.3, 0.4) is 0 Å². The lowest BCUT2D eigenvalue weighted by atomic mass is 10.2. The highest BCUT2D eigenvalue weighted by atomic mass is 16.4. The number of hydrogen-bond donors (Lipinski definition) is 2. The normalized spacial score (nSPS) is 9.73. The lowest BCUT2D eigenvalue weighted by Gasteiger charge is -2.06. The number of nitrogens with one attached hydrogen (secondary N) is 1. The number of carboxylic acids is 1. The van der Waals surface area contributed by atoms with Crippen LogP contribution in [0.4, 0.5) is 5.69 Å². The first-order valence-electron chi connectivity index (χ1n) is 4.45. The van der Waals surface area contributed by atoms with Gasteiger partial charge in [0.05, 0.1) is 11.4 Å². The van der Waals surface area contributed by atoms with Crippen LogP contribution in [-0.4, -0.2) is 22.0 Å². The number of carbonyl (C=O) groups excluding carboxylic acids is 1. The van der Waals surface area contributed by atoms with Gasteiger partial charge in [0, 0.05) is 5.69 Å². The van der Waals surface area contributed by atoms with Gasteiger partial charge in [-0.3, -0.25) is 14.6 Å². The number of carboxylic acid groups (broad SMARTS) is 1. The monoisotopic (exact) mass is 208 g/mol. The van der Waals surface area contributed by atoms with Crippen LogP contribution in [0.25, 0.3) is 0 Å². The maximum absolute atomic E-state index is 11.1. The topological polar surface area (TPSA) is 79.3 Å². The number of aryl methyl sites for hydroxylation is 2. The molecule has 1 rings (SSSR count). The zero-order valence-corrected chi connectivity index (χ0v) is 8.57. The Labute approximate surface area is 87.1 Å². The Balaban J connectivity index is 2.72. The number of aliphatic carboxylic acids is 1. The van der Waals surface area contributed by atoms with Crippen LogP contribution in [0.5, 0.6) is 0 Å². The highest BCUT2D eigenvalue weighted by Crippen LogP contribution is 2.12. The van der Waals surface area contributed by atoms with Crippen molar-refractivity contribution in [2.45, 2.75) is 20.3 Å². The molecule has 0 spiro atoms. The Morgan fingerprint density at radius 1 is 1.40 bits per heavy atom. The molecule has 1 aromatic rings. The number of nitrogens with zero attached hydrogens (tertiary/aromatic N) is 1. The predicted octanol–water partition coefficient (Wildman–Crippen LogP) is 1.11. The third kappa shape index (κ3) is 3.38. The van der Waals surface area contributed by atoms with Gasteiger partial charge in [0.2, 0.25) is 5.91 Å². The molecule has 2 N–H and O–H groups in total. The minimum atomic E-state index is -1.15. The Morgan fingerprint density at radius 3 is 2.60 bits per heavy atom. The van der Waals surface area contributed by atoms with Crippen molar-refractivity contribution in [3.8, 4) is 0 Å². The van der Waals surface area contributed by atoms with Gasteiger partial charge in [-0.25, -0.2) is 0 Å². The quantitative estimate of drug-likeness (QED) is 0.729. The van der Waals surface area contributed by atoms with Crippen molar-refractivity contribution in [3.63, 3.8) is 0 Å². The number of anilines is 1. The van der Waals surface area contributed by atoms with Crippen molar-refractivity contribution < 1.29 is 14.7 Å². The largest absolute Gasteiger partial charge is 0.481 e. The van der Waals surface area contributed by atoms with Crippen LogP contribution < -0.4 is 5.32 Å². The Bertz CT molecular complexity index is 402. The fourth-order valence-electron chi connectivity index (χ4n) is 1.15. The molecule has 5 nitrogen and oxygen atoms in total. The molecule has 1 amide bonds. The van der Waals surface area contributed by atoms with Crippen LogP contribution in [-0.2, 0) is 9.59 Å². The molecule has 0 bridgehead atoms. The number of carbonyl (C=O) groups is 2. The molecule has 0 saturated carbocycles. The average molecular weight is 208 g/mol. The zero-order chi connectivity index (χ0) is 11.4. The number of aromatic nitrogens is 1. The fourth-order valence-corrected chi connectivity index (χ4v) is 1.15. The summed E-state index contributed by atoms with van der Waals surface area (Å²) in [5.74, 6) is -1.69. The second-order valence-electron chi connectivity index (χ2n) is 3.20. The van der Waals surface area contributed by atoms with Crippen molar-refractivity contribution in [2.75, 3.05) is 5.32 Å². The molecule has 0 aromatic carbocycles. The van der Waals surface area contributed by atoms with Gasteiger partial charge in [-0.05, 0) is 26.0 Å². The smallest absolute Gasteiger partial charge is 0.312 e. The maximum atomic E-state index is 11.1. The van der Waals surface area contributed by atoms with E-state index in [1.807, 2.05) is 6.92 Å². The summed E-state index contributed by atoms with van der Waals surface area (Å²) in [6.07, 6.45) is -0.534. The third-order valence-corrected chi connectivity index (χ3v) is 1.81. The minimum Gasteiger partial charge on any atom is -0.481 e. The van der Waals surface area contributed by atoms with Crippen molar-refractivity contribution in [3.05, 3.63) is 23.5 Å². The maximum Gasteiger partial charge on any atom is 0.312 e. The number of amides is 1. The number of rotatable bonds is 3. The second-order valence-corrected chi connectivity index (χ2v) is 3.20. The summed E-state index contributed by atoms with van der Waals surface area (Å²) in [7, 11) is 0. The Hall–Kier alpha value is -1.91. The third-order valence-electron chi connectivity index (χ3n) is 1.81. The fraction of sp³-hybridized carbons (Fsp3) is 0.300. The van der Waals surface area contributed by atoms with Crippen LogP contribution in [0.15, 0.2) is 12.1 Å². The highest BCUT2D eigenvalue weighted by Gasteiger charge is 2.09. The molecule has 1 aromatic heterocycles. The molecule has 0 atom stereocenters. The lowest BCUT2D eigenvalue weighted by Crippen LogP contribution is -2.16. The van der Waals surface area contributed by atoms with Gasteiger partial charge in [-0.1, -0.05) is 0 Å². The van der Waals surface area contributed by atoms with Gasteiger partial charge >= 0.3 is 5.97 Å². The molecule has 1 heterocycles. The van der Waals surface area contributed by atoms with Gasteiger partial charge in [0.25, 0.3) is 0 Å². The van der Waals surface area contributed by atoms with E-state index < -0.39 is 18.3 Å². The first-order valence-corrected chi connectivity index (χ1v) is 4.45. The van der Waals surface area contributed by atoms with E-state index in [9.17, 15) is 9.59 Å². The SMILES string of the molecule is Cc1ccc(NC(=O)CC(=O)O)c(C)n1. The Morgan fingerprint density at radius 2 is 2.07 bits per heavy atom. The summed E-state index contributed by atoms with van der Waals surface area (Å²) in [5.41, 5.74) is 2.07. The molecule has 0 aliphatic carbocycles. The van der Waals surface area contributed by atoms with E-state index in [1.54, 1.807) is 19.1 Å². The number of pyridine rings is 1. The zero-order valence-electron chi connectivity index (χ0n) is 8.57. The average Bonchev–Trinajstić information content (AvgIpc) is 2.08. The van der Waals surface area contributed by atoms with Gasteiger partial charge in [-0.15, -0.1) is 0 Å². The summed E-state index contributed by atoms with van der Waals surface area (Å²) in [6, 6.07) is 3.46. The van der Waals surface area contributed by atoms with Crippen LogP contribution in [0, 0.1) is 13.8 Å². The molecule has 0 unspecified atom stereocenters. The summed E-state index contributed by atoms with van der Waals surface area (Å²) in [4.78, 5) is 25.5. The van der Waals surface area contributed by atoms with E-state index in [4.69, 9.17) is 5.11 Å². The van der Waals surface area contributed by atoms with E-state index in [2.05, 4.69) is 10.3 Å². The molecule has 0 fully saturated rings. The van der Waals surface area contributed by atoms with Crippen molar-refractivity contribution >= 4 is 17.6 Å². The first-order chi connectivity index (χ1) is 6.99. The van der Waals surface area contributed by atoms with Crippen molar-refractivity contribution in [1.29, 1.82) is 0 Å². The van der Waals surface area contributed by atoms with Crippen LogP contribution in [0.1, 0.15) is 17.8 Å². The predicted molar refractivity (Wildman–Crippen MR) is 54.6 cm³/mol. The molecular formula is C10H12N2O3. The van der Waals surface area contributed by atoms with E-state index in [-0.39, 0.29) is 0 Å². The summed E-state index contributed by atoms with van der Waals surface area (Å²) < 4.78 is 0. The minimum absolute atomic E-state index is 0.534. The molecule has 15 heavy (non-hydrogen) atoms. The first kappa shape index (κ1) is 11.2. The van der Waals surface area contributed by atoms with Gasteiger partial charge < -0.3 is 10.4 Å². The van der Waals surface area contributed by atoms with E-state index >= 15 is 0 Å². The number of hydrogen-bond acceptors (Lipinski definition) is 3. The standard InChI is InChI=1S/C10H12N2O3/c1-6-3-4-8(7(2)11-6)12-9(13)5-10(14)15/h3-4H,5H2,1-2H3,(H,12,13)(H,14,15). The summed E-state index contributed by atoms with van der Waals surface area (Å²) in [6.45, 7) is 3.60. The summed E-state index contributed by atoms with van der Waals surface area (Å²) >= 11 is 0. The molecule has 0 aliphatic heterocycles. The van der Waals surface area contributed by atoms with E-state index in [0.717, 1.165) is 5.69 Å². The van der Waals surface area contributed by atoms with E-state index in [1.165, 1.54) is 0 Å². The van der Waals surface area contributed by atoms with Crippen molar-refractivity contribution in [1.82, 2.24) is 4.98 Å².